The Hall–Kier alpha value is -2.57. The van der Waals surface area contributed by atoms with Gasteiger partial charge in [-0.25, -0.2) is 9.40 Å². The zero-order valence-electron chi connectivity index (χ0n) is 14.5. The standard InChI is InChI=1S/C21H18FN3S2/c22-18-8-4-7-16(11-18)20-12-19(17-9-10-27-14-17)24-25(20)21(26)23-13-15-5-2-1-3-6-15/h1-11,14,20H,12-13H2,(H,23,26)/t20-/m0/s1. The van der Waals surface area contributed by atoms with Crippen LogP contribution in [0, 0.1) is 5.82 Å². The van der Waals surface area contributed by atoms with Gasteiger partial charge in [-0.05, 0) is 52.3 Å². The van der Waals surface area contributed by atoms with Gasteiger partial charge in [0.25, 0.3) is 0 Å². The fourth-order valence-corrected chi connectivity index (χ4v) is 4.03. The molecule has 0 fully saturated rings. The molecule has 1 aliphatic heterocycles. The summed E-state index contributed by atoms with van der Waals surface area (Å²) in [5, 5.41) is 14.5. The number of hydrogen-bond acceptors (Lipinski definition) is 3. The normalized spacial score (nSPS) is 16.3. The van der Waals surface area contributed by atoms with Gasteiger partial charge in [-0.3, -0.25) is 0 Å². The maximum absolute atomic E-state index is 13.8. The van der Waals surface area contributed by atoms with Crippen LogP contribution in [0.4, 0.5) is 4.39 Å². The van der Waals surface area contributed by atoms with Gasteiger partial charge in [0.1, 0.15) is 5.82 Å². The van der Waals surface area contributed by atoms with Crippen molar-refractivity contribution in [2.75, 3.05) is 0 Å². The van der Waals surface area contributed by atoms with Crippen LogP contribution in [-0.4, -0.2) is 15.8 Å². The number of nitrogens with one attached hydrogen (secondary N) is 1. The second-order valence-electron chi connectivity index (χ2n) is 6.32. The number of thiocarbonyl (C=S) groups is 1. The molecule has 27 heavy (non-hydrogen) atoms. The van der Waals surface area contributed by atoms with Gasteiger partial charge in [0.05, 0.1) is 11.8 Å². The smallest absolute Gasteiger partial charge is 0.190 e. The summed E-state index contributed by atoms with van der Waals surface area (Å²) < 4.78 is 13.8. The number of halogens is 1. The lowest BCUT2D eigenvalue weighted by molar-refractivity contribution is 0.362. The minimum atomic E-state index is -0.250. The third-order valence-electron chi connectivity index (χ3n) is 4.49. The highest BCUT2D eigenvalue weighted by atomic mass is 32.1. The maximum Gasteiger partial charge on any atom is 0.190 e. The molecule has 0 saturated carbocycles. The molecule has 136 valence electrons. The summed E-state index contributed by atoms with van der Waals surface area (Å²) in [5.41, 5.74) is 4.07. The molecule has 3 nitrogen and oxygen atoms in total. The minimum absolute atomic E-state index is 0.119. The second-order valence-corrected chi connectivity index (χ2v) is 7.49. The first-order valence-corrected chi connectivity index (χ1v) is 10.0. The van der Waals surface area contributed by atoms with Crippen molar-refractivity contribution in [2.24, 2.45) is 5.10 Å². The number of hydrazone groups is 1. The van der Waals surface area contributed by atoms with E-state index < -0.39 is 0 Å². The molecular formula is C21H18FN3S2. The lowest BCUT2D eigenvalue weighted by atomic mass is 10.00. The van der Waals surface area contributed by atoms with Gasteiger partial charge >= 0.3 is 0 Å². The van der Waals surface area contributed by atoms with Gasteiger partial charge in [-0.15, -0.1) is 0 Å². The third-order valence-corrected chi connectivity index (χ3v) is 5.51. The van der Waals surface area contributed by atoms with E-state index in [9.17, 15) is 4.39 Å². The lowest BCUT2D eigenvalue weighted by Gasteiger charge is -2.25. The van der Waals surface area contributed by atoms with Gasteiger partial charge in [0.15, 0.2) is 5.11 Å². The summed E-state index contributed by atoms with van der Waals surface area (Å²) in [6.45, 7) is 0.620. The van der Waals surface area contributed by atoms with E-state index in [4.69, 9.17) is 17.3 Å². The maximum atomic E-state index is 13.8. The van der Waals surface area contributed by atoms with E-state index in [1.54, 1.807) is 28.5 Å². The van der Waals surface area contributed by atoms with E-state index in [2.05, 4.69) is 16.8 Å². The van der Waals surface area contributed by atoms with E-state index in [-0.39, 0.29) is 11.9 Å². The molecule has 1 aromatic heterocycles. The van der Waals surface area contributed by atoms with Crippen molar-refractivity contribution in [3.05, 3.63) is 93.9 Å². The van der Waals surface area contributed by atoms with Crippen molar-refractivity contribution < 1.29 is 4.39 Å². The Labute approximate surface area is 167 Å². The SMILES string of the molecule is Fc1cccc([C@@H]2CC(c3ccsc3)=NN2C(=S)NCc2ccccc2)c1. The van der Waals surface area contributed by atoms with Crippen molar-refractivity contribution in [1.29, 1.82) is 0 Å². The van der Waals surface area contributed by atoms with E-state index in [1.165, 1.54) is 6.07 Å². The number of hydrogen-bond donors (Lipinski definition) is 1. The highest BCUT2D eigenvalue weighted by Gasteiger charge is 2.31. The van der Waals surface area contributed by atoms with Crippen molar-refractivity contribution in [2.45, 2.75) is 19.0 Å². The first-order valence-electron chi connectivity index (χ1n) is 8.67. The molecule has 2 aromatic carbocycles. The van der Waals surface area contributed by atoms with Crippen LogP contribution in [-0.2, 0) is 6.54 Å². The fourth-order valence-electron chi connectivity index (χ4n) is 3.13. The van der Waals surface area contributed by atoms with Gasteiger partial charge in [0.2, 0.25) is 0 Å². The van der Waals surface area contributed by atoms with Crippen LogP contribution in [0.1, 0.15) is 29.2 Å². The molecule has 1 N–H and O–H groups in total. The Morgan fingerprint density at radius 1 is 1.19 bits per heavy atom. The van der Waals surface area contributed by atoms with Crippen LogP contribution in [0.2, 0.25) is 0 Å². The molecule has 6 heteroatoms. The lowest BCUT2D eigenvalue weighted by Crippen LogP contribution is -2.36. The van der Waals surface area contributed by atoms with E-state index >= 15 is 0 Å². The molecular weight excluding hydrogens is 377 g/mol. The molecule has 4 rings (SSSR count). The molecule has 0 bridgehead atoms. The topological polar surface area (TPSA) is 27.6 Å². The van der Waals surface area contributed by atoms with Crippen LogP contribution >= 0.6 is 23.6 Å². The minimum Gasteiger partial charge on any atom is -0.357 e. The first kappa shape index (κ1) is 17.8. The Balaban J connectivity index is 1.57. The Bertz CT molecular complexity index is 955. The Morgan fingerprint density at radius 2 is 2.04 bits per heavy atom. The Kier molecular flexibility index (Phi) is 5.27. The highest BCUT2D eigenvalue weighted by molar-refractivity contribution is 7.80. The zero-order chi connectivity index (χ0) is 18.6. The summed E-state index contributed by atoms with van der Waals surface area (Å²) in [6.07, 6.45) is 0.688. The van der Waals surface area contributed by atoms with Crippen molar-refractivity contribution >= 4 is 34.4 Å². The van der Waals surface area contributed by atoms with Gasteiger partial charge in [-0.1, -0.05) is 42.5 Å². The van der Waals surface area contributed by atoms with Gasteiger partial charge in [-0.2, -0.15) is 16.4 Å². The summed E-state index contributed by atoms with van der Waals surface area (Å²) in [6, 6.07) is 18.7. The van der Waals surface area contributed by atoms with Crippen molar-refractivity contribution in [3.8, 4) is 0 Å². The van der Waals surface area contributed by atoms with Crippen LogP contribution in [0.3, 0.4) is 0 Å². The number of thiophene rings is 1. The molecule has 0 aliphatic carbocycles. The summed E-state index contributed by atoms with van der Waals surface area (Å²) in [4.78, 5) is 0. The molecule has 2 heterocycles. The predicted molar refractivity (Wildman–Crippen MR) is 112 cm³/mol. The average molecular weight is 396 g/mol. The second kappa shape index (κ2) is 7.98. The number of rotatable bonds is 4. The molecule has 3 aromatic rings. The zero-order valence-corrected chi connectivity index (χ0v) is 16.1. The monoisotopic (exact) mass is 395 g/mol. The number of nitrogens with zero attached hydrogens (tertiary/aromatic N) is 2. The fraction of sp³-hybridized carbons (Fsp3) is 0.143. The third kappa shape index (κ3) is 4.07. The van der Waals surface area contributed by atoms with E-state index in [0.717, 1.165) is 22.4 Å². The first-order chi connectivity index (χ1) is 13.2. The highest BCUT2D eigenvalue weighted by Crippen LogP contribution is 2.33. The molecule has 0 amide bonds. The van der Waals surface area contributed by atoms with E-state index in [0.29, 0.717) is 18.1 Å². The average Bonchev–Trinajstić information content (AvgIpc) is 3.36. The summed E-state index contributed by atoms with van der Waals surface area (Å²) in [7, 11) is 0. The molecule has 0 spiro atoms. The van der Waals surface area contributed by atoms with Crippen molar-refractivity contribution in [1.82, 2.24) is 10.3 Å². The molecule has 1 atom stereocenters. The quantitative estimate of drug-likeness (QED) is 0.622. The molecule has 1 aliphatic rings. The van der Waals surface area contributed by atoms with Crippen molar-refractivity contribution in [3.63, 3.8) is 0 Å². The van der Waals surface area contributed by atoms with Crippen LogP contribution in [0.25, 0.3) is 0 Å². The van der Waals surface area contributed by atoms with Gasteiger partial charge < -0.3 is 5.32 Å². The predicted octanol–water partition coefficient (Wildman–Crippen LogP) is 5.11. The van der Waals surface area contributed by atoms with E-state index in [1.807, 2.05) is 41.8 Å². The largest absolute Gasteiger partial charge is 0.357 e. The summed E-state index contributed by atoms with van der Waals surface area (Å²) in [5.74, 6) is -0.250. The molecule has 0 radical (unpaired) electrons. The Morgan fingerprint density at radius 3 is 2.78 bits per heavy atom. The molecule has 0 unspecified atom stereocenters. The van der Waals surface area contributed by atoms with Crippen LogP contribution in [0.15, 0.2) is 76.5 Å². The van der Waals surface area contributed by atoms with Crippen LogP contribution < -0.4 is 5.32 Å². The number of benzene rings is 2. The van der Waals surface area contributed by atoms with Gasteiger partial charge in [0, 0.05) is 18.5 Å². The molecule has 0 saturated heterocycles. The summed E-state index contributed by atoms with van der Waals surface area (Å²) >= 11 is 7.26. The van der Waals surface area contributed by atoms with Crippen LogP contribution in [0.5, 0.6) is 0 Å².